The van der Waals surface area contributed by atoms with E-state index in [2.05, 4.69) is 20.6 Å². The minimum absolute atomic E-state index is 0.254. The highest BCUT2D eigenvalue weighted by molar-refractivity contribution is 6.10. The van der Waals surface area contributed by atoms with Crippen LogP contribution in [-0.2, 0) is 7.05 Å². The lowest BCUT2D eigenvalue weighted by Gasteiger charge is -1.98. The number of rotatable bonds is 2. The van der Waals surface area contributed by atoms with E-state index in [4.69, 9.17) is 0 Å². The zero-order valence-corrected chi connectivity index (χ0v) is 9.71. The number of amides is 1. The van der Waals surface area contributed by atoms with E-state index in [1.165, 1.54) is 0 Å². The number of para-hydroxylation sites is 1. The second kappa shape index (κ2) is 3.99. The normalized spacial score (nSPS) is 10.7. The molecule has 0 aliphatic rings. The maximum Gasteiger partial charge on any atom is 0.277 e. The fourth-order valence-electron chi connectivity index (χ4n) is 1.89. The quantitative estimate of drug-likeness (QED) is 0.714. The van der Waals surface area contributed by atoms with Crippen molar-refractivity contribution in [2.75, 3.05) is 5.32 Å². The first kappa shape index (κ1) is 10.5. The number of aromatic nitrogens is 4. The van der Waals surface area contributed by atoms with Crippen molar-refractivity contribution in [3.05, 3.63) is 42.2 Å². The summed E-state index contributed by atoms with van der Waals surface area (Å²) in [5.74, 6) is 0.297. The molecule has 1 amide bonds. The Morgan fingerprint density at radius 2 is 2.17 bits per heavy atom. The molecular formula is C12H11N5O. The number of aryl methyl sites for hydroxylation is 1. The monoisotopic (exact) mass is 241 g/mol. The highest BCUT2D eigenvalue weighted by Gasteiger charge is 2.15. The van der Waals surface area contributed by atoms with Gasteiger partial charge in [-0.25, -0.2) is 0 Å². The number of nitrogens with one attached hydrogen (secondary N) is 2. The second-order valence-electron chi connectivity index (χ2n) is 3.91. The molecule has 2 heterocycles. The van der Waals surface area contributed by atoms with Crippen molar-refractivity contribution in [2.24, 2.45) is 7.05 Å². The SMILES string of the molecule is Cn1nc(C(=O)Nc2ccn[nH]2)c2ccccc21. The molecular weight excluding hydrogens is 230 g/mol. The Kier molecular flexibility index (Phi) is 2.33. The third kappa shape index (κ3) is 1.64. The molecule has 0 saturated carbocycles. The maximum atomic E-state index is 12.1. The van der Waals surface area contributed by atoms with E-state index >= 15 is 0 Å². The number of fused-ring (bicyclic) bond motifs is 1. The van der Waals surface area contributed by atoms with Gasteiger partial charge in [-0.15, -0.1) is 0 Å². The predicted molar refractivity (Wildman–Crippen MR) is 67.3 cm³/mol. The van der Waals surface area contributed by atoms with Crippen molar-refractivity contribution < 1.29 is 4.79 Å². The van der Waals surface area contributed by atoms with Crippen LogP contribution in [0.2, 0.25) is 0 Å². The minimum atomic E-state index is -0.254. The van der Waals surface area contributed by atoms with Gasteiger partial charge in [-0.2, -0.15) is 10.2 Å². The minimum Gasteiger partial charge on any atom is -0.306 e. The molecule has 0 aliphatic heterocycles. The Balaban J connectivity index is 2.01. The number of aromatic amines is 1. The van der Waals surface area contributed by atoms with E-state index in [9.17, 15) is 4.79 Å². The van der Waals surface area contributed by atoms with Crippen LogP contribution in [0.25, 0.3) is 10.9 Å². The Morgan fingerprint density at radius 3 is 2.94 bits per heavy atom. The number of H-pyrrole nitrogens is 1. The Hall–Kier alpha value is -2.63. The summed E-state index contributed by atoms with van der Waals surface area (Å²) in [5, 5.41) is 14.2. The zero-order chi connectivity index (χ0) is 12.5. The summed E-state index contributed by atoms with van der Waals surface area (Å²) in [6, 6.07) is 9.29. The van der Waals surface area contributed by atoms with Crippen molar-refractivity contribution >= 4 is 22.6 Å². The first-order valence-electron chi connectivity index (χ1n) is 5.48. The van der Waals surface area contributed by atoms with Crippen LogP contribution in [0.15, 0.2) is 36.5 Å². The largest absolute Gasteiger partial charge is 0.306 e. The number of nitrogens with zero attached hydrogens (tertiary/aromatic N) is 3. The lowest BCUT2D eigenvalue weighted by atomic mass is 10.2. The molecule has 2 N–H and O–H groups in total. The third-order valence-electron chi connectivity index (χ3n) is 2.72. The summed E-state index contributed by atoms with van der Waals surface area (Å²) in [6.07, 6.45) is 1.58. The van der Waals surface area contributed by atoms with Gasteiger partial charge in [0.1, 0.15) is 5.82 Å². The molecule has 6 nitrogen and oxygen atoms in total. The van der Waals surface area contributed by atoms with Crippen molar-refractivity contribution in [3.8, 4) is 0 Å². The lowest BCUT2D eigenvalue weighted by molar-refractivity contribution is 0.102. The van der Waals surface area contributed by atoms with Gasteiger partial charge in [0, 0.05) is 18.5 Å². The Morgan fingerprint density at radius 1 is 1.33 bits per heavy atom. The fourth-order valence-corrected chi connectivity index (χ4v) is 1.89. The molecule has 0 radical (unpaired) electrons. The zero-order valence-electron chi connectivity index (χ0n) is 9.71. The third-order valence-corrected chi connectivity index (χ3v) is 2.72. The molecule has 18 heavy (non-hydrogen) atoms. The average molecular weight is 241 g/mol. The van der Waals surface area contributed by atoms with Crippen molar-refractivity contribution in [1.82, 2.24) is 20.0 Å². The Bertz CT molecular complexity index is 698. The summed E-state index contributed by atoms with van der Waals surface area (Å²) in [5.41, 5.74) is 1.33. The molecule has 0 aliphatic carbocycles. The number of benzene rings is 1. The summed E-state index contributed by atoms with van der Waals surface area (Å²) >= 11 is 0. The topological polar surface area (TPSA) is 75.6 Å². The average Bonchev–Trinajstić information content (AvgIpc) is 2.98. The molecule has 0 atom stereocenters. The predicted octanol–water partition coefficient (Wildman–Crippen LogP) is 1.55. The molecule has 3 rings (SSSR count). The van der Waals surface area contributed by atoms with Gasteiger partial charge in [0.05, 0.1) is 11.7 Å². The number of carbonyl (C=O) groups is 1. The van der Waals surface area contributed by atoms with Crippen LogP contribution in [-0.4, -0.2) is 25.9 Å². The standard InChI is InChI=1S/C12H11N5O/c1-17-9-5-3-2-4-8(9)11(16-17)12(18)14-10-6-7-13-15-10/h2-7H,1H3,(H2,13,14,15,18). The lowest BCUT2D eigenvalue weighted by Crippen LogP contribution is -2.13. The molecule has 0 fully saturated rings. The second-order valence-corrected chi connectivity index (χ2v) is 3.91. The molecule has 2 aromatic heterocycles. The summed E-state index contributed by atoms with van der Waals surface area (Å²) in [7, 11) is 1.81. The van der Waals surface area contributed by atoms with E-state index in [1.807, 2.05) is 31.3 Å². The summed E-state index contributed by atoms with van der Waals surface area (Å²) in [4.78, 5) is 12.1. The van der Waals surface area contributed by atoms with E-state index in [-0.39, 0.29) is 5.91 Å². The number of hydrogen-bond acceptors (Lipinski definition) is 3. The molecule has 0 saturated heterocycles. The van der Waals surface area contributed by atoms with Gasteiger partial charge in [-0.1, -0.05) is 18.2 Å². The van der Waals surface area contributed by atoms with E-state index < -0.39 is 0 Å². The van der Waals surface area contributed by atoms with Crippen LogP contribution < -0.4 is 5.32 Å². The van der Waals surface area contributed by atoms with E-state index in [1.54, 1.807) is 16.9 Å². The van der Waals surface area contributed by atoms with E-state index in [0.29, 0.717) is 11.5 Å². The molecule has 0 spiro atoms. The van der Waals surface area contributed by atoms with Gasteiger partial charge < -0.3 is 5.32 Å². The number of carbonyl (C=O) groups excluding carboxylic acids is 1. The molecule has 3 aromatic rings. The van der Waals surface area contributed by atoms with Crippen LogP contribution in [0.4, 0.5) is 5.82 Å². The molecule has 6 heteroatoms. The van der Waals surface area contributed by atoms with Gasteiger partial charge in [-0.3, -0.25) is 14.6 Å². The van der Waals surface area contributed by atoms with Crippen molar-refractivity contribution in [2.45, 2.75) is 0 Å². The van der Waals surface area contributed by atoms with E-state index in [0.717, 1.165) is 10.9 Å². The molecule has 0 unspecified atom stereocenters. The van der Waals surface area contributed by atoms with Crippen molar-refractivity contribution in [3.63, 3.8) is 0 Å². The highest BCUT2D eigenvalue weighted by Crippen LogP contribution is 2.18. The van der Waals surface area contributed by atoms with Gasteiger partial charge in [0.25, 0.3) is 5.91 Å². The molecule has 90 valence electrons. The summed E-state index contributed by atoms with van der Waals surface area (Å²) < 4.78 is 1.69. The fraction of sp³-hybridized carbons (Fsp3) is 0.0833. The van der Waals surface area contributed by atoms with Gasteiger partial charge >= 0.3 is 0 Å². The number of hydrogen-bond donors (Lipinski definition) is 2. The first-order chi connectivity index (χ1) is 8.75. The highest BCUT2D eigenvalue weighted by atomic mass is 16.2. The van der Waals surface area contributed by atoms with Gasteiger partial charge in [0.15, 0.2) is 5.69 Å². The van der Waals surface area contributed by atoms with Crippen LogP contribution in [0, 0.1) is 0 Å². The van der Waals surface area contributed by atoms with Crippen LogP contribution in [0.1, 0.15) is 10.5 Å². The van der Waals surface area contributed by atoms with Gasteiger partial charge in [0.2, 0.25) is 0 Å². The smallest absolute Gasteiger partial charge is 0.277 e. The van der Waals surface area contributed by atoms with Crippen LogP contribution in [0.3, 0.4) is 0 Å². The first-order valence-corrected chi connectivity index (χ1v) is 5.48. The van der Waals surface area contributed by atoms with Crippen LogP contribution >= 0.6 is 0 Å². The molecule has 1 aromatic carbocycles. The van der Waals surface area contributed by atoms with Crippen LogP contribution in [0.5, 0.6) is 0 Å². The Labute approximate surface area is 103 Å². The number of anilines is 1. The van der Waals surface area contributed by atoms with Crippen molar-refractivity contribution in [1.29, 1.82) is 0 Å². The molecule has 0 bridgehead atoms. The van der Waals surface area contributed by atoms with Gasteiger partial charge in [-0.05, 0) is 6.07 Å². The summed E-state index contributed by atoms with van der Waals surface area (Å²) in [6.45, 7) is 0. The maximum absolute atomic E-state index is 12.1.